The minimum Gasteiger partial charge on any atom is -0.478 e. The Morgan fingerprint density at radius 2 is 2.38 bits per heavy atom. The number of thiocarbonyl (C=S) groups is 1. The molecule has 0 aliphatic carbocycles. The third-order valence-corrected chi connectivity index (χ3v) is 3.16. The van der Waals surface area contributed by atoms with Gasteiger partial charge in [-0.2, -0.15) is 0 Å². The maximum atomic E-state index is 5.59. The number of rotatable bonds is 2. The summed E-state index contributed by atoms with van der Waals surface area (Å²) in [5.41, 5.74) is 0.0228. The lowest BCUT2D eigenvalue weighted by Crippen LogP contribution is -2.17. The van der Waals surface area contributed by atoms with Crippen LogP contribution in [0, 0.1) is 5.92 Å². The highest BCUT2D eigenvalue weighted by Crippen LogP contribution is 2.29. The van der Waals surface area contributed by atoms with Crippen molar-refractivity contribution in [3.05, 3.63) is 0 Å². The van der Waals surface area contributed by atoms with Crippen LogP contribution in [-0.2, 0) is 9.47 Å². The van der Waals surface area contributed by atoms with E-state index in [-0.39, 0.29) is 5.60 Å². The van der Waals surface area contributed by atoms with E-state index in [9.17, 15) is 0 Å². The molecule has 0 aromatic heterocycles. The third-order valence-electron chi connectivity index (χ3n) is 2.09. The quantitative estimate of drug-likeness (QED) is 0.665. The van der Waals surface area contributed by atoms with E-state index in [1.54, 1.807) is 0 Å². The van der Waals surface area contributed by atoms with Crippen molar-refractivity contribution in [1.29, 1.82) is 0 Å². The fourth-order valence-corrected chi connectivity index (χ4v) is 1.76. The highest BCUT2D eigenvalue weighted by molar-refractivity contribution is 8.22. The van der Waals surface area contributed by atoms with E-state index in [4.69, 9.17) is 21.7 Å². The van der Waals surface area contributed by atoms with E-state index in [1.165, 1.54) is 11.8 Å². The van der Waals surface area contributed by atoms with Gasteiger partial charge in [0.05, 0.1) is 18.8 Å². The molecule has 1 unspecified atom stereocenters. The lowest BCUT2D eigenvalue weighted by atomic mass is 9.99. The second-order valence-corrected chi connectivity index (χ2v) is 5.31. The monoisotopic (exact) mass is 220 g/mol. The Morgan fingerprint density at radius 1 is 1.69 bits per heavy atom. The van der Waals surface area contributed by atoms with Crippen molar-refractivity contribution >= 4 is 28.4 Å². The SMILES string of the molecule is CSC(=S)OCC1COC(C)(C)C1. The smallest absolute Gasteiger partial charge is 0.219 e. The van der Waals surface area contributed by atoms with Crippen LogP contribution in [0.25, 0.3) is 0 Å². The van der Waals surface area contributed by atoms with Gasteiger partial charge in [0.2, 0.25) is 4.38 Å². The molecule has 0 amide bonds. The van der Waals surface area contributed by atoms with Crippen molar-refractivity contribution in [2.75, 3.05) is 19.5 Å². The van der Waals surface area contributed by atoms with Crippen LogP contribution in [0.1, 0.15) is 20.3 Å². The fourth-order valence-electron chi connectivity index (χ4n) is 1.51. The molecule has 0 aromatic rings. The Labute approximate surface area is 89.4 Å². The van der Waals surface area contributed by atoms with Gasteiger partial charge in [-0.25, -0.2) is 0 Å². The zero-order chi connectivity index (χ0) is 9.90. The minimum atomic E-state index is 0.0228. The van der Waals surface area contributed by atoms with Gasteiger partial charge in [0.15, 0.2) is 0 Å². The summed E-state index contributed by atoms with van der Waals surface area (Å²) in [6.07, 6.45) is 2.99. The summed E-state index contributed by atoms with van der Waals surface area (Å²) in [6, 6.07) is 0. The third kappa shape index (κ3) is 3.83. The van der Waals surface area contributed by atoms with Gasteiger partial charge in [-0.15, -0.1) is 0 Å². The van der Waals surface area contributed by atoms with E-state index in [1.807, 2.05) is 6.26 Å². The summed E-state index contributed by atoms with van der Waals surface area (Å²) >= 11 is 6.42. The lowest BCUT2D eigenvalue weighted by Gasteiger charge is -2.15. The van der Waals surface area contributed by atoms with Crippen LogP contribution in [0.3, 0.4) is 0 Å². The van der Waals surface area contributed by atoms with Gasteiger partial charge in [-0.3, -0.25) is 0 Å². The van der Waals surface area contributed by atoms with Crippen molar-refractivity contribution in [2.45, 2.75) is 25.9 Å². The lowest BCUT2D eigenvalue weighted by molar-refractivity contribution is 0.0340. The highest BCUT2D eigenvalue weighted by Gasteiger charge is 2.32. The summed E-state index contributed by atoms with van der Waals surface area (Å²) in [6.45, 7) is 5.72. The molecule has 0 bridgehead atoms. The van der Waals surface area contributed by atoms with Crippen molar-refractivity contribution < 1.29 is 9.47 Å². The van der Waals surface area contributed by atoms with E-state index >= 15 is 0 Å². The van der Waals surface area contributed by atoms with E-state index < -0.39 is 0 Å². The first kappa shape index (κ1) is 11.3. The maximum absolute atomic E-state index is 5.59. The molecule has 13 heavy (non-hydrogen) atoms. The van der Waals surface area contributed by atoms with Crippen molar-refractivity contribution in [2.24, 2.45) is 5.92 Å². The van der Waals surface area contributed by atoms with Gasteiger partial charge in [0, 0.05) is 5.92 Å². The molecule has 76 valence electrons. The Kier molecular flexibility index (Phi) is 4.01. The van der Waals surface area contributed by atoms with Gasteiger partial charge >= 0.3 is 0 Å². The van der Waals surface area contributed by atoms with E-state index in [0.717, 1.165) is 13.0 Å². The van der Waals surface area contributed by atoms with Crippen LogP contribution in [0.5, 0.6) is 0 Å². The Morgan fingerprint density at radius 3 is 2.85 bits per heavy atom. The Bertz CT molecular complexity index is 192. The van der Waals surface area contributed by atoms with E-state index in [2.05, 4.69) is 13.8 Å². The Hall–Kier alpha value is 0.200. The molecule has 4 heteroatoms. The van der Waals surface area contributed by atoms with Gasteiger partial charge in [0.1, 0.15) is 0 Å². The average Bonchev–Trinajstić information content (AvgIpc) is 2.41. The maximum Gasteiger partial charge on any atom is 0.219 e. The van der Waals surface area contributed by atoms with Gasteiger partial charge in [-0.1, -0.05) is 11.8 Å². The van der Waals surface area contributed by atoms with Crippen LogP contribution in [-0.4, -0.2) is 29.5 Å². The average molecular weight is 220 g/mol. The first-order valence-corrected chi connectivity index (χ1v) is 6.01. The molecule has 0 radical (unpaired) electrons. The largest absolute Gasteiger partial charge is 0.478 e. The van der Waals surface area contributed by atoms with Crippen LogP contribution in [0.15, 0.2) is 0 Å². The number of thioether (sulfide) groups is 1. The molecular formula is C9H16O2S2. The molecule has 0 saturated carbocycles. The zero-order valence-corrected chi connectivity index (χ0v) is 9.96. The number of hydrogen-bond donors (Lipinski definition) is 0. The van der Waals surface area contributed by atoms with Crippen LogP contribution >= 0.6 is 24.0 Å². The Balaban J connectivity index is 2.21. The first-order chi connectivity index (χ1) is 6.03. The second kappa shape index (κ2) is 4.62. The van der Waals surface area contributed by atoms with Gasteiger partial charge in [-0.05, 0) is 38.7 Å². The molecule has 1 rings (SSSR count). The molecule has 0 spiro atoms. The van der Waals surface area contributed by atoms with Crippen LogP contribution in [0.2, 0.25) is 0 Å². The number of hydrogen-bond acceptors (Lipinski definition) is 4. The predicted molar refractivity (Wildman–Crippen MR) is 60.2 cm³/mol. The molecule has 1 saturated heterocycles. The zero-order valence-electron chi connectivity index (χ0n) is 8.33. The molecule has 1 aliphatic rings. The molecule has 1 atom stereocenters. The molecule has 2 nitrogen and oxygen atoms in total. The highest BCUT2D eigenvalue weighted by atomic mass is 32.2. The summed E-state index contributed by atoms with van der Waals surface area (Å²) in [5.74, 6) is 0.500. The predicted octanol–water partition coefficient (Wildman–Crippen LogP) is 2.47. The second-order valence-electron chi connectivity index (χ2n) is 3.91. The van der Waals surface area contributed by atoms with Crippen molar-refractivity contribution in [3.8, 4) is 0 Å². The first-order valence-electron chi connectivity index (χ1n) is 4.38. The summed E-state index contributed by atoms with van der Waals surface area (Å²) in [5, 5.41) is 0. The summed E-state index contributed by atoms with van der Waals surface area (Å²) in [7, 11) is 0. The minimum absolute atomic E-state index is 0.0228. The molecule has 1 fully saturated rings. The number of ether oxygens (including phenoxy) is 2. The molecule has 1 aliphatic heterocycles. The van der Waals surface area contributed by atoms with Crippen LogP contribution < -0.4 is 0 Å². The topological polar surface area (TPSA) is 18.5 Å². The standard InChI is InChI=1S/C9H16O2S2/c1-9(2)4-7(6-11-9)5-10-8(12)13-3/h7H,4-6H2,1-3H3. The molecule has 0 N–H and O–H groups in total. The molecule has 1 heterocycles. The van der Waals surface area contributed by atoms with Gasteiger partial charge < -0.3 is 9.47 Å². The van der Waals surface area contributed by atoms with E-state index in [0.29, 0.717) is 16.9 Å². The summed E-state index contributed by atoms with van der Waals surface area (Å²) in [4.78, 5) is 0. The van der Waals surface area contributed by atoms with Crippen LogP contribution in [0.4, 0.5) is 0 Å². The normalized spacial score (nSPS) is 25.9. The molecule has 0 aromatic carbocycles. The fraction of sp³-hybridized carbons (Fsp3) is 0.889. The van der Waals surface area contributed by atoms with Crippen molar-refractivity contribution in [1.82, 2.24) is 0 Å². The molecular weight excluding hydrogens is 204 g/mol. The van der Waals surface area contributed by atoms with Crippen molar-refractivity contribution in [3.63, 3.8) is 0 Å². The van der Waals surface area contributed by atoms with Gasteiger partial charge in [0.25, 0.3) is 0 Å². The summed E-state index contributed by atoms with van der Waals surface area (Å²) < 4.78 is 11.6.